The minimum Gasteiger partial charge on any atom is -0.379 e. The van der Waals surface area contributed by atoms with Gasteiger partial charge in [-0.1, -0.05) is 0 Å². The first-order valence-corrected chi connectivity index (χ1v) is 4.15. The van der Waals surface area contributed by atoms with Crippen molar-refractivity contribution in [2.75, 3.05) is 5.32 Å². The van der Waals surface area contributed by atoms with Crippen molar-refractivity contribution in [3.05, 3.63) is 30.5 Å². The Morgan fingerprint density at radius 3 is 3.38 bits per heavy atom. The predicted octanol–water partition coefficient (Wildman–Crippen LogP) is 1.40. The minimum atomic E-state index is 0.812. The van der Waals surface area contributed by atoms with Crippen molar-refractivity contribution in [3.8, 4) is 11.3 Å². The lowest BCUT2D eigenvalue weighted by Crippen LogP contribution is -2.08. The van der Waals surface area contributed by atoms with Gasteiger partial charge in [0.05, 0.1) is 24.3 Å². The van der Waals surface area contributed by atoms with Crippen LogP contribution in [0.15, 0.2) is 24.8 Å². The molecular weight excluding hydrogens is 164 g/mol. The lowest BCUT2D eigenvalue weighted by molar-refractivity contribution is 1.05. The molecule has 3 heterocycles. The second-order valence-electron chi connectivity index (χ2n) is 3.00. The van der Waals surface area contributed by atoms with E-state index in [1.165, 1.54) is 0 Å². The molecular formula is C9H8N4. The molecule has 0 radical (unpaired) electrons. The fraction of sp³-hybridized carbons (Fsp3) is 0.111. The zero-order chi connectivity index (χ0) is 8.67. The predicted molar refractivity (Wildman–Crippen MR) is 49.1 cm³/mol. The van der Waals surface area contributed by atoms with Crippen LogP contribution in [0.25, 0.3) is 11.3 Å². The number of nitrogens with one attached hydrogen (secondary N) is 2. The van der Waals surface area contributed by atoms with Gasteiger partial charge in [0.15, 0.2) is 0 Å². The molecule has 2 aromatic rings. The van der Waals surface area contributed by atoms with E-state index in [0.717, 1.165) is 29.2 Å². The van der Waals surface area contributed by atoms with Crippen molar-refractivity contribution in [2.24, 2.45) is 0 Å². The Labute approximate surface area is 75.0 Å². The van der Waals surface area contributed by atoms with Gasteiger partial charge in [-0.25, -0.2) is 4.98 Å². The molecule has 1 aliphatic rings. The Hall–Kier alpha value is -1.84. The van der Waals surface area contributed by atoms with E-state index in [1.54, 1.807) is 12.5 Å². The van der Waals surface area contributed by atoms with Crippen LogP contribution in [-0.2, 0) is 6.54 Å². The third-order valence-corrected chi connectivity index (χ3v) is 2.25. The highest BCUT2D eigenvalue weighted by atomic mass is 15.0. The molecule has 2 N–H and O–H groups in total. The van der Waals surface area contributed by atoms with Gasteiger partial charge in [-0.3, -0.25) is 4.98 Å². The zero-order valence-corrected chi connectivity index (χ0v) is 6.91. The number of nitrogens with zero attached hydrogens (tertiary/aromatic N) is 2. The molecule has 2 aromatic heterocycles. The van der Waals surface area contributed by atoms with Crippen LogP contribution in [0.3, 0.4) is 0 Å². The van der Waals surface area contributed by atoms with Gasteiger partial charge in [-0.2, -0.15) is 0 Å². The summed E-state index contributed by atoms with van der Waals surface area (Å²) < 4.78 is 0. The molecule has 0 saturated carbocycles. The molecule has 0 aromatic carbocycles. The van der Waals surface area contributed by atoms with Crippen molar-refractivity contribution in [1.29, 1.82) is 0 Å². The summed E-state index contributed by atoms with van der Waals surface area (Å²) in [7, 11) is 0. The number of imidazole rings is 1. The second kappa shape index (κ2) is 2.32. The third-order valence-electron chi connectivity index (χ3n) is 2.25. The molecule has 0 spiro atoms. The third kappa shape index (κ3) is 0.853. The van der Waals surface area contributed by atoms with Crippen molar-refractivity contribution < 1.29 is 0 Å². The summed E-state index contributed by atoms with van der Waals surface area (Å²) in [6.07, 6.45) is 5.33. The van der Waals surface area contributed by atoms with Gasteiger partial charge in [0.25, 0.3) is 0 Å². The summed E-state index contributed by atoms with van der Waals surface area (Å²) in [5, 5.41) is 3.29. The van der Waals surface area contributed by atoms with Crippen molar-refractivity contribution >= 4 is 5.69 Å². The molecule has 0 saturated heterocycles. The van der Waals surface area contributed by atoms with Gasteiger partial charge in [0, 0.05) is 23.6 Å². The van der Waals surface area contributed by atoms with Crippen LogP contribution in [0.5, 0.6) is 0 Å². The first-order chi connectivity index (χ1) is 6.45. The fourth-order valence-corrected chi connectivity index (χ4v) is 1.61. The van der Waals surface area contributed by atoms with Crippen molar-refractivity contribution in [3.63, 3.8) is 0 Å². The van der Waals surface area contributed by atoms with Crippen molar-refractivity contribution in [2.45, 2.75) is 6.54 Å². The molecule has 1 aliphatic heterocycles. The number of aromatic amines is 1. The number of aromatic nitrogens is 3. The average molecular weight is 172 g/mol. The number of hydrogen-bond donors (Lipinski definition) is 2. The largest absolute Gasteiger partial charge is 0.379 e. The summed E-state index contributed by atoms with van der Waals surface area (Å²) in [6.45, 7) is 0.812. The summed E-state index contributed by atoms with van der Waals surface area (Å²) in [5.41, 5.74) is 4.32. The normalized spacial score (nSPS) is 12.9. The number of fused-ring (bicyclic) bond motifs is 3. The van der Waals surface area contributed by atoms with Gasteiger partial charge >= 0.3 is 0 Å². The fourth-order valence-electron chi connectivity index (χ4n) is 1.61. The quantitative estimate of drug-likeness (QED) is 0.631. The summed E-state index contributed by atoms with van der Waals surface area (Å²) in [5.74, 6) is 0. The standard InChI is InChI=1S/C9H8N4/c1-2-10-3-6-7(1)11-4-8-9(6)13-5-12-8/h1-3,5,11H,4H2,(H,12,13). The van der Waals surface area contributed by atoms with Gasteiger partial charge in [0.2, 0.25) is 0 Å². The number of pyridine rings is 1. The molecule has 0 atom stereocenters. The molecule has 0 fully saturated rings. The Bertz CT molecular complexity index is 446. The summed E-state index contributed by atoms with van der Waals surface area (Å²) >= 11 is 0. The van der Waals surface area contributed by atoms with E-state index < -0.39 is 0 Å². The van der Waals surface area contributed by atoms with E-state index in [1.807, 2.05) is 12.3 Å². The zero-order valence-electron chi connectivity index (χ0n) is 6.91. The highest BCUT2D eigenvalue weighted by Gasteiger charge is 2.16. The molecule has 0 bridgehead atoms. The van der Waals surface area contributed by atoms with E-state index in [2.05, 4.69) is 20.3 Å². The van der Waals surface area contributed by atoms with Crippen LogP contribution in [0.1, 0.15) is 5.69 Å². The van der Waals surface area contributed by atoms with E-state index >= 15 is 0 Å². The summed E-state index contributed by atoms with van der Waals surface area (Å²) in [4.78, 5) is 11.4. The van der Waals surface area contributed by atoms with Crippen LogP contribution < -0.4 is 5.32 Å². The molecule has 64 valence electrons. The first-order valence-electron chi connectivity index (χ1n) is 4.15. The van der Waals surface area contributed by atoms with Crippen LogP contribution in [0, 0.1) is 0 Å². The number of hydrogen-bond acceptors (Lipinski definition) is 3. The second-order valence-corrected chi connectivity index (χ2v) is 3.00. The average Bonchev–Trinajstić information content (AvgIpc) is 2.65. The van der Waals surface area contributed by atoms with Crippen LogP contribution in [0.2, 0.25) is 0 Å². The molecule has 0 aliphatic carbocycles. The molecule has 4 heteroatoms. The molecule has 3 rings (SSSR count). The molecule has 0 amide bonds. The Morgan fingerprint density at radius 1 is 1.38 bits per heavy atom. The van der Waals surface area contributed by atoms with Crippen LogP contribution in [-0.4, -0.2) is 15.0 Å². The Morgan fingerprint density at radius 2 is 2.38 bits per heavy atom. The highest BCUT2D eigenvalue weighted by molar-refractivity contribution is 5.78. The lowest BCUT2D eigenvalue weighted by atomic mass is 10.1. The summed E-state index contributed by atoms with van der Waals surface area (Å²) in [6, 6.07) is 1.97. The SMILES string of the molecule is c1cc2c(cn1)-c1nc[nH]c1CN2. The number of H-pyrrole nitrogens is 1. The van der Waals surface area contributed by atoms with Gasteiger partial charge in [-0.15, -0.1) is 0 Å². The van der Waals surface area contributed by atoms with E-state index in [-0.39, 0.29) is 0 Å². The van der Waals surface area contributed by atoms with E-state index in [4.69, 9.17) is 0 Å². The highest BCUT2D eigenvalue weighted by Crippen LogP contribution is 2.31. The maximum absolute atomic E-state index is 4.26. The Kier molecular flexibility index (Phi) is 1.19. The van der Waals surface area contributed by atoms with Gasteiger partial charge in [0.1, 0.15) is 0 Å². The Balaban J connectivity index is 2.30. The first kappa shape index (κ1) is 6.65. The molecule has 4 nitrogen and oxygen atoms in total. The monoisotopic (exact) mass is 172 g/mol. The van der Waals surface area contributed by atoms with Crippen LogP contribution in [0.4, 0.5) is 5.69 Å². The lowest BCUT2D eigenvalue weighted by Gasteiger charge is -2.16. The van der Waals surface area contributed by atoms with E-state index in [9.17, 15) is 0 Å². The maximum atomic E-state index is 4.26. The minimum absolute atomic E-state index is 0.812. The number of anilines is 1. The van der Waals surface area contributed by atoms with E-state index in [0.29, 0.717) is 0 Å². The molecule has 0 unspecified atom stereocenters. The van der Waals surface area contributed by atoms with Gasteiger partial charge < -0.3 is 10.3 Å². The smallest absolute Gasteiger partial charge is 0.0967 e. The molecule has 13 heavy (non-hydrogen) atoms. The maximum Gasteiger partial charge on any atom is 0.0967 e. The van der Waals surface area contributed by atoms with Gasteiger partial charge in [-0.05, 0) is 6.07 Å². The van der Waals surface area contributed by atoms with Crippen LogP contribution >= 0.6 is 0 Å². The topological polar surface area (TPSA) is 53.6 Å². The number of rotatable bonds is 0. The van der Waals surface area contributed by atoms with Crippen molar-refractivity contribution in [1.82, 2.24) is 15.0 Å².